The van der Waals surface area contributed by atoms with Crippen molar-refractivity contribution in [2.45, 2.75) is 19.8 Å². The summed E-state index contributed by atoms with van der Waals surface area (Å²) < 4.78 is 11.1. The smallest absolute Gasteiger partial charge is 0.335 e. The maximum absolute atomic E-state index is 12.4. The molecule has 2 aromatic rings. The molecule has 1 saturated heterocycles. The van der Waals surface area contributed by atoms with E-state index in [4.69, 9.17) is 9.47 Å². The van der Waals surface area contributed by atoms with Crippen LogP contribution in [0.3, 0.4) is 0 Å². The Kier molecular flexibility index (Phi) is 7.73. The second-order valence-electron chi connectivity index (χ2n) is 6.97. The number of amidine groups is 1. The molecule has 9 nitrogen and oxygen atoms in total. The van der Waals surface area contributed by atoms with Gasteiger partial charge in [-0.2, -0.15) is 0 Å². The number of unbranched alkanes of at least 4 members (excludes halogenated alkanes) is 1. The maximum Gasteiger partial charge on any atom is 0.335 e. The van der Waals surface area contributed by atoms with E-state index in [0.29, 0.717) is 23.0 Å². The lowest BCUT2D eigenvalue weighted by Gasteiger charge is -2.11. The summed E-state index contributed by atoms with van der Waals surface area (Å²) in [5.41, 5.74) is 0.390. The highest BCUT2D eigenvalue weighted by atomic mass is 32.2. The number of thioether (sulfide) groups is 1. The summed E-state index contributed by atoms with van der Waals surface area (Å²) in [5.74, 6) is -1.77. The molecular weight excluding hydrogens is 448 g/mol. The minimum absolute atomic E-state index is 0.103. The van der Waals surface area contributed by atoms with Crippen LogP contribution in [0.25, 0.3) is 6.08 Å². The minimum atomic E-state index is -1.28. The predicted octanol–water partition coefficient (Wildman–Crippen LogP) is 4.16. The second kappa shape index (κ2) is 10.7. The fraction of sp³-hybridized carbons (Fsp3) is 0.217. The average molecular weight is 471 g/mol. The van der Waals surface area contributed by atoms with Crippen LogP contribution in [0, 0.1) is 0 Å². The molecule has 1 aliphatic heterocycles. The van der Waals surface area contributed by atoms with Crippen LogP contribution >= 0.6 is 11.8 Å². The van der Waals surface area contributed by atoms with Gasteiger partial charge in [-0.05, 0) is 60.2 Å². The van der Waals surface area contributed by atoms with Gasteiger partial charge in [0.1, 0.15) is 0 Å². The van der Waals surface area contributed by atoms with E-state index in [9.17, 15) is 24.6 Å². The molecule has 0 unspecified atom stereocenters. The summed E-state index contributed by atoms with van der Waals surface area (Å²) in [5, 5.41) is 21.2. The molecule has 1 amide bonds. The van der Waals surface area contributed by atoms with Gasteiger partial charge in [0, 0.05) is 0 Å². The minimum Gasteiger partial charge on any atom is -0.493 e. The summed E-state index contributed by atoms with van der Waals surface area (Å²) in [7, 11) is 1.54. The first-order chi connectivity index (χ1) is 15.8. The quantitative estimate of drug-likeness (QED) is 0.367. The molecule has 1 aliphatic rings. The first-order valence-corrected chi connectivity index (χ1v) is 10.8. The highest BCUT2D eigenvalue weighted by Gasteiger charge is 2.24. The molecule has 0 aromatic heterocycles. The van der Waals surface area contributed by atoms with Crippen molar-refractivity contribution in [2.24, 2.45) is 4.99 Å². The van der Waals surface area contributed by atoms with E-state index in [1.807, 2.05) is 0 Å². The number of rotatable bonds is 9. The van der Waals surface area contributed by atoms with Crippen LogP contribution in [-0.2, 0) is 4.79 Å². The van der Waals surface area contributed by atoms with Gasteiger partial charge in [-0.25, -0.2) is 14.6 Å². The Morgan fingerprint density at radius 3 is 2.39 bits per heavy atom. The Labute approximate surface area is 194 Å². The van der Waals surface area contributed by atoms with Gasteiger partial charge in [0.15, 0.2) is 16.7 Å². The van der Waals surface area contributed by atoms with Crippen LogP contribution in [0.1, 0.15) is 46.0 Å². The number of amides is 1. The fourth-order valence-corrected chi connectivity index (χ4v) is 3.73. The van der Waals surface area contributed by atoms with E-state index in [2.05, 4.69) is 17.2 Å². The van der Waals surface area contributed by atoms with E-state index in [1.54, 1.807) is 24.3 Å². The SMILES string of the molecule is CCCCOc1ccc(/C=C2\SC(=Nc3cc(C(=O)O)cc(C(=O)O)c3)NC2=O)cc1OC. The van der Waals surface area contributed by atoms with Crippen LogP contribution in [-0.4, -0.2) is 46.9 Å². The van der Waals surface area contributed by atoms with E-state index < -0.39 is 11.9 Å². The number of hydrogen-bond donors (Lipinski definition) is 3. The van der Waals surface area contributed by atoms with Crippen molar-refractivity contribution in [1.82, 2.24) is 5.32 Å². The molecule has 1 fully saturated rings. The molecule has 0 radical (unpaired) electrons. The van der Waals surface area contributed by atoms with E-state index in [1.165, 1.54) is 19.2 Å². The summed E-state index contributed by atoms with van der Waals surface area (Å²) in [6.07, 6.45) is 3.61. The zero-order chi connectivity index (χ0) is 24.0. The Hall–Kier alpha value is -3.79. The number of carbonyl (C=O) groups excluding carboxylic acids is 1. The van der Waals surface area contributed by atoms with Crippen molar-refractivity contribution < 1.29 is 34.1 Å². The highest BCUT2D eigenvalue weighted by molar-refractivity contribution is 8.18. The van der Waals surface area contributed by atoms with Crippen molar-refractivity contribution in [2.75, 3.05) is 13.7 Å². The largest absolute Gasteiger partial charge is 0.493 e. The molecule has 0 aliphatic carbocycles. The van der Waals surface area contributed by atoms with Crippen molar-refractivity contribution in [3.8, 4) is 11.5 Å². The summed E-state index contributed by atoms with van der Waals surface area (Å²) in [4.78, 5) is 39.5. The van der Waals surface area contributed by atoms with E-state index >= 15 is 0 Å². The molecule has 10 heteroatoms. The molecular formula is C23H22N2O7S. The maximum atomic E-state index is 12.4. The number of hydrogen-bond acceptors (Lipinski definition) is 7. The summed E-state index contributed by atoms with van der Waals surface area (Å²) >= 11 is 1.05. The molecule has 33 heavy (non-hydrogen) atoms. The number of benzene rings is 2. The third-order valence-electron chi connectivity index (χ3n) is 4.53. The van der Waals surface area contributed by atoms with Crippen LogP contribution in [0.4, 0.5) is 5.69 Å². The number of methoxy groups -OCH3 is 1. The highest BCUT2D eigenvalue weighted by Crippen LogP contribution is 2.32. The molecule has 0 spiro atoms. The topological polar surface area (TPSA) is 135 Å². The lowest BCUT2D eigenvalue weighted by Crippen LogP contribution is -2.19. The van der Waals surface area contributed by atoms with Gasteiger partial charge in [-0.1, -0.05) is 19.4 Å². The summed E-state index contributed by atoms with van der Waals surface area (Å²) in [6, 6.07) is 8.85. The number of carboxylic acid groups (broad SMARTS) is 2. The van der Waals surface area contributed by atoms with Gasteiger partial charge in [0.25, 0.3) is 5.91 Å². The van der Waals surface area contributed by atoms with E-state index in [0.717, 1.165) is 36.2 Å². The molecule has 2 aromatic carbocycles. The average Bonchev–Trinajstić information content (AvgIpc) is 3.12. The second-order valence-corrected chi connectivity index (χ2v) is 8.00. The van der Waals surface area contributed by atoms with Gasteiger partial charge in [0.2, 0.25) is 0 Å². The number of aromatic carboxylic acids is 2. The van der Waals surface area contributed by atoms with Gasteiger partial charge in [-0.15, -0.1) is 0 Å². The van der Waals surface area contributed by atoms with Gasteiger partial charge >= 0.3 is 11.9 Å². The number of nitrogens with zero attached hydrogens (tertiary/aromatic N) is 1. The van der Waals surface area contributed by atoms with Crippen LogP contribution in [0.2, 0.25) is 0 Å². The monoisotopic (exact) mass is 470 g/mol. The Morgan fingerprint density at radius 2 is 1.79 bits per heavy atom. The molecule has 0 bridgehead atoms. The zero-order valence-electron chi connectivity index (χ0n) is 18.0. The lowest BCUT2D eigenvalue weighted by molar-refractivity contribution is -0.115. The third-order valence-corrected chi connectivity index (χ3v) is 5.44. The van der Waals surface area contributed by atoms with E-state index in [-0.39, 0.29) is 27.9 Å². The van der Waals surface area contributed by atoms with Crippen LogP contribution < -0.4 is 14.8 Å². The molecule has 1 heterocycles. The summed E-state index contributed by atoms with van der Waals surface area (Å²) in [6.45, 7) is 2.66. The van der Waals surface area contributed by atoms with Crippen molar-refractivity contribution >= 4 is 46.5 Å². The predicted molar refractivity (Wildman–Crippen MR) is 125 cm³/mol. The first kappa shape index (κ1) is 23.9. The first-order valence-electron chi connectivity index (χ1n) is 10.0. The molecule has 0 saturated carbocycles. The normalized spacial score (nSPS) is 15.5. The van der Waals surface area contributed by atoms with Crippen molar-refractivity contribution in [3.05, 3.63) is 58.0 Å². The van der Waals surface area contributed by atoms with Crippen LogP contribution in [0.15, 0.2) is 46.3 Å². The Bertz CT molecular complexity index is 1130. The number of carbonyl (C=O) groups is 3. The zero-order valence-corrected chi connectivity index (χ0v) is 18.8. The van der Waals surface area contributed by atoms with Crippen LogP contribution in [0.5, 0.6) is 11.5 Å². The standard InChI is InChI=1S/C23H22N2O7S/c1-3-4-7-32-17-6-5-13(8-18(17)31-2)9-19-20(26)25-23(33-19)24-16-11-14(21(27)28)10-15(12-16)22(29)30/h5-6,8-12H,3-4,7H2,1-2H3,(H,27,28)(H,29,30)(H,24,25,26)/b19-9-. The molecule has 3 N–H and O–H groups in total. The van der Waals surface area contributed by atoms with Gasteiger partial charge in [-0.3, -0.25) is 4.79 Å². The molecule has 3 rings (SSSR count). The number of aliphatic imine (C=N–C) groups is 1. The van der Waals surface area contributed by atoms with Crippen molar-refractivity contribution in [1.29, 1.82) is 0 Å². The number of nitrogens with one attached hydrogen (secondary N) is 1. The Balaban J connectivity index is 1.83. The van der Waals surface area contributed by atoms with Gasteiger partial charge < -0.3 is 25.0 Å². The molecule has 0 atom stereocenters. The third kappa shape index (κ3) is 6.13. The lowest BCUT2D eigenvalue weighted by atomic mass is 10.1. The van der Waals surface area contributed by atoms with Gasteiger partial charge in [0.05, 0.1) is 35.4 Å². The fourth-order valence-electron chi connectivity index (χ4n) is 2.89. The Morgan fingerprint density at radius 1 is 1.09 bits per heavy atom. The van der Waals surface area contributed by atoms with Crippen molar-refractivity contribution in [3.63, 3.8) is 0 Å². The number of ether oxygens (including phenoxy) is 2. The molecule has 172 valence electrons. The number of carboxylic acids is 2.